The fourth-order valence-electron chi connectivity index (χ4n) is 4.61. The van der Waals surface area contributed by atoms with Gasteiger partial charge in [-0.25, -0.2) is 8.95 Å². The predicted molar refractivity (Wildman–Crippen MR) is 110 cm³/mol. The maximum atomic E-state index is 8.41. The van der Waals surface area contributed by atoms with Gasteiger partial charge in [-0.1, -0.05) is 18.5 Å². The SMILES string of the molecule is Cc1cc(=N)n(C(=NC2CC(C)(C)NC(C)(C)C2)N2CCC(C)CC2)s1. The van der Waals surface area contributed by atoms with E-state index in [1.165, 1.54) is 17.7 Å². The summed E-state index contributed by atoms with van der Waals surface area (Å²) < 4.78 is 2.04. The molecule has 5 nitrogen and oxygen atoms in total. The zero-order valence-corrected chi connectivity index (χ0v) is 18.0. The lowest BCUT2D eigenvalue weighted by Crippen LogP contribution is -2.59. The predicted octanol–water partition coefficient (Wildman–Crippen LogP) is 3.58. The average molecular weight is 378 g/mol. The average Bonchev–Trinajstić information content (AvgIpc) is 2.81. The zero-order chi connectivity index (χ0) is 19.1. The van der Waals surface area contributed by atoms with Crippen molar-refractivity contribution in [1.29, 1.82) is 5.41 Å². The van der Waals surface area contributed by atoms with Crippen LogP contribution in [0, 0.1) is 18.3 Å². The molecular formula is C20H35N5S. The van der Waals surface area contributed by atoms with E-state index in [1.807, 2.05) is 10.0 Å². The molecule has 146 valence electrons. The van der Waals surface area contributed by atoms with Crippen molar-refractivity contribution in [3.05, 3.63) is 16.4 Å². The molecule has 3 heterocycles. The summed E-state index contributed by atoms with van der Waals surface area (Å²) in [5, 5.41) is 12.2. The van der Waals surface area contributed by atoms with Crippen molar-refractivity contribution >= 4 is 17.5 Å². The van der Waals surface area contributed by atoms with E-state index in [-0.39, 0.29) is 17.1 Å². The van der Waals surface area contributed by atoms with E-state index in [9.17, 15) is 0 Å². The molecule has 0 bridgehead atoms. The van der Waals surface area contributed by atoms with Crippen LogP contribution in [-0.2, 0) is 0 Å². The summed E-state index contributed by atoms with van der Waals surface area (Å²) in [4.78, 5) is 8.85. The number of nitrogens with zero attached hydrogens (tertiary/aromatic N) is 3. The standard InChI is InChI=1S/C20H35N5S/c1-14-7-9-24(10-8-14)18(25-17(21)11-15(2)26-25)22-16-12-19(3,4)23-20(5,6)13-16/h11,14,16,21,23H,7-10,12-13H2,1-6H3. The monoisotopic (exact) mass is 377 g/mol. The van der Waals surface area contributed by atoms with Gasteiger partial charge in [0.15, 0.2) is 0 Å². The highest BCUT2D eigenvalue weighted by molar-refractivity contribution is 7.07. The Morgan fingerprint density at radius 1 is 1.19 bits per heavy atom. The minimum absolute atomic E-state index is 0.0806. The van der Waals surface area contributed by atoms with Crippen molar-refractivity contribution < 1.29 is 0 Å². The van der Waals surface area contributed by atoms with Crippen molar-refractivity contribution in [2.75, 3.05) is 13.1 Å². The molecule has 2 fully saturated rings. The molecule has 0 amide bonds. The number of nitrogens with one attached hydrogen (secondary N) is 2. The molecule has 1 aromatic rings. The van der Waals surface area contributed by atoms with Crippen LogP contribution < -0.4 is 10.8 Å². The van der Waals surface area contributed by atoms with Crippen molar-refractivity contribution in [1.82, 2.24) is 14.2 Å². The molecule has 2 saturated heterocycles. The van der Waals surface area contributed by atoms with E-state index in [0.717, 1.165) is 37.8 Å². The maximum absolute atomic E-state index is 8.41. The van der Waals surface area contributed by atoms with Crippen LogP contribution in [0.2, 0.25) is 0 Å². The first-order valence-electron chi connectivity index (χ1n) is 9.92. The van der Waals surface area contributed by atoms with Crippen molar-refractivity contribution in [3.8, 4) is 0 Å². The van der Waals surface area contributed by atoms with Gasteiger partial charge in [0, 0.05) is 29.0 Å². The van der Waals surface area contributed by atoms with E-state index in [4.69, 9.17) is 10.4 Å². The summed E-state index contributed by atoms with van der Waals surface area (Å²) in [6.45, 7) is 15.6. The van der Waals surface area contributed by atoms with E-state index in [2.05, 4.69) is 51.8 Å². The largest absolute Gasteiger partial charge is 0.342 e. The van der Waals surface area contributed by atoms with Gasteiger partial charge in [0.1, 0.15) is 5.49 Å². The van der Waals surface area contributed by atoms with Crippen LogP contribution in [0.5, 0.6) is 0 Å². The smallest absolute Gasteiger partial charge is 0.216 e. The third-order valence-corrected chi connectivity index (χ3v) is 6.46. The van der Waals surface area contributed by atoms with Gasteiger partial charge >= 0.3 is 0 Å². The molecule has 2 aliphatic rings. The van der Waals surface area contributed by atoms with Crippen molar-refractivity contribution in [2.24, 2.45) is 10.9 Å². The lowest BCUT2D eigenvalue weighted by molar-refractivity contribution is 0.163. The molecule has 0 radical (unpaired) electrons. The van der Waals surface area contributed by atoms with E-state index >= 15 is 0 Å². The second-order valence-corrected chi connectivity index (χ2v) is 10.8. The lowest BCUT2D eigenvalue weighted by Gasteiger charge is -2.45. The Balaban J connectivity index is 1.96. The summed E-state index contributed by atoms with van der Waals surface area (Å²) in [6.07, 6.45) is 4.48. The first-order valence-corrected chi connectivity index (χ1v) is 10.7. The molecule has 2 N–H and O–H groups in total. The minimum Gasteiger partial charge on any atom is -0.342 e. The van der Waals surface area contributed by atoms with Gasteiger partial charge < -0.3 is 10.2 Å². The fourth-order valence-corrected chi connectivity index (χ4v) is 5.46. The van der Waals surface area contributed by atoms with Gasteiger partial charge in [-0.15, -0.1) is 0 Å². The third-order valence-electron chi connectivity index (χ3n) is 5.51. The Morgan fingerprint density at radius 2 is 1.77 bits per heavy atom. The van der Waals surface area contributed by atoms with Crippen molar-refractivity contribution in [2.45, 2.75) is 84.3 Å². The summed E-state index contributed by atoms with van der Waals surface area (Å²) >= 11 is 1.65. The molecule has 26 heavy (non-hydrogen) atoms. The number of hydrogen-bond donors (Lipinski definition) is 2. The Kier molecular flexibility index (Phi) is 5.37. The molecule has 0 aliphatic carbocycles. The second-order valence-electron chi connectivity index (χ2n) is 9.58. The Morgan fingerprint density at radius 3 is 2.27 bits per heavy atom. The molecule has 1 aromatic heterocycles. The molecular weight excluding hydrogens is 342 g/mol. The van der Waals surface area contributed by atoms with Gasteiger partial charge in [-0.3, -0.25) is 5.41 Å². The van der Waals surface area contributed by atoms with E-state index in [0.29, 0.717) is 5.49 Å². The maximum Gasteiger partial charge on any atom is 0.216 e. The van der Waals surface area contributed by atoms with Crippen LogP contribution in [-0.4, -0.2) is 45.0 Å². The zero-order valence-electron chi connectivity index (χ0n) is 17.2. The molecule has 0 saturated carbocycles. The third kappa shape index (κ3) is 4.58. The number of rotatable bonds is 1. The minimum atomic E-state index is 0.0806. The van der Waals surface area contributed by atoms with Gasteiger partial charge in [0.05, 0.1) is 6.04 Å². The van der Waals surface area contributed by atoms with Gasteiger partial charge in [-0.2, -0.15) is 0 Å². The van der Waals surface area contributed by atoms with Crippen LogP contribution >= 0.6 is 11.5 Å². The highest BCUT2D eigenvalue weighted by atomic mass is 32.1. The van der Waals surface area contributed by atoms with Crippen molar-refractivity contribution in [3.63, 3.8) is 0 Å². The summed E-state index contributed by atoms with van der Waals surface area (Å²) in [7, 11) is 0. The number of hydrogen-bond acceptors (Lipinski definition) is 4. The van der Waals surface area contributed by atoms with Crippen LogP contribution in [0.25, 0.3) is 0 Å². The first kappa shape index (κ1) is 19.6. The molecule has 0 spiro atoms. The van der Waals surface area contributed by atoms with Gasteiger partial charge in [0.2, 0.25) is 5.96 Å². The van der Waals surface area contributed by atoms with Gasteiger partial charge in [0.25, 0.3) is 0 Å². The second kappa shape index (κ2) is 7.12. The van der Waals surface area contributed by atoms with E-state index < -0.39 is 0 Å². The Hall–Kier alpha value is -1.14. The van der Waals surface area contributed by atoms with Crippen LogP contribution in [0.3, 0.4) is 0 Å². The highest BCUT2D eigenvalue weighted by Gasteiger charge is 2.38. The Bertz CT molecular complexity index is 703. The molecule has 2 aliphatic heterocycles. The number of likely N-dealkylation sites (tertiary alicyclic amines) is 1. The number of piperidine rings is 2. The topological polar surface area (TPSA) is 56.4 Å². The van der Waals surface area contributed by atoms with E-state index in [1.54, 1.807) is 11.5 Å². The first-order chi connectivity index (χ1) is 12.0. The van der Waals surface area contributed by atoms with Crippen LogP contribution in [0.4, 0.5) is 0 Å². The molecule has 3 rings (SSSR count). The van der Waals surface area contributed by atoms with Crippen LogP contribution in [0.1, 0.15) is 65.2 Å². The summed E-state index contributed by atoms with van der Waals surface area (Å²) in [6, 6.07) is 2.23. The fraction of sp³-hybridized carbons (Fsp3) is 0.800. The summed E-state index contributed by atoms with van der Waals surface area (Å²) in [5.74, 6) is 1.79. The number of aromatic nitrogens is 1. The summed E-state index contributed by atoms with van der Waals surface area (Å²) in [5.41, 5.74) is 0.714. The van der Waals surface area contributed by atoms with Gasteiger partial charge in [-0.05, 0) is 72.3 Å². The normalized spacial score (nSPS) is 24.8. The van der Waals surface area contributed by atoms with Crippen LogP contribution in [0.15, 0.2) is 11.1 Å². The molecule has 0 unspecified atom stereocenters. The molecule has 6 heteroatoms. The lowest BCUT2D eigenvalue weighted by atomic mass is 9.80. The number of aliphatic imine (C=N–C) groups is 1. The quantitative estimate of drug-likeness (QED) is 0.580. The number of aryl methyl sites for hydroxylation is 1. The molecule has 0 aromatic carbocycles. The highest BCUT2D eigenvalue weighted by Crippen LogP contribution is 2.31. The Labute approximate surface area is 162 Å². The molecule has 0 atom stereocenters.